The Kier molecular flexibility index (Phi) is 5.26. The van der Waals surface area contributed by atoms with Crippen LogP contribution in [0.15, 0.2) is 36.4 Å². The van der Waals surface area contributed by atoms with Crippen LogP contribution in [0.1, 0.15) is 35.7 Å². The number of rotatable bonds is 4. The highest BCUT2D eigenvalue weighted by Crippen LogP contribution is 2.34. The van der Waals surface area contributed by atoms with Crippen molar-refractivity contribution in [2.75, 3.05) is 31.9 Å². The fraction of sp³-hybridized carbons (Fsp3) is 0.348. The third-order valence-electron chi connectivity index (χ3n) is 6.09. The Hall–Kier alpha value is -3.26. The maximum Gasteiger partial charge on any atom is 0.256 e. The highest BCUT2D eigenvalue weighted by molar-refractivity contribution is 6.04. The Bertz CT molecular complexity index is 1070. The van der Waals surface area contributed by atoms with Crippen molar-refractivity contribution in [3.8, 4) is 11.1 Å². The molecule has 1 heterocycles. The molecule has 1 saturated carbocycles. The number of hydrogen-bond donors (Lipinski definition) is 3. The number of piperazine rings is 1. The number of nitrogen functional groups attached to an aromatic ring is 1. The first-order chi connectivity index (χ1) is 14.7. The minimum Gasteiger partial charge on any atom is -0.398 e. The second kappa shape index (κ2) is 7.77. The van der Waals surface area contributed by atoms with Gasteiger partial charge in [0.25, 0.3) is 5.91 Å². The molecule has 2 aromatic rings. The number of carbonyl (C=O) groups is 2. The third kappa shape index (κ3) is 3.90. The van der Waals surface area contributed by atoms with Crippen molar-refractivity contribution in [1.29, 1.82) is 5.41 Å². The van der Waals surface area contributed by atoms with E-state index in [0.717, 1.165) is 0 Å². The molecule has 31 heavy (non-hydrogen) atoms. The number of benzene rings is 2. The molecule has 0 spiro atoms. The molecule has 8 heteroatoms. The number of nitrogens with zero attached hydrogens (tertiary/aromatic N) is 2. The number of hydrogen-bond acceptors (Lipinski definition) is 5. The fourth-order valence-corrected chi connectivity index (χ4v) is 3.95. The van der Waals surface area contributed by atoms with Crippen molar-refractivity contribution in [2.24, 2.45) is 5.73 Å². The number of nitrogens with two attached hydrogens (primary N) is 2. The summed E-state index contributed by atoms with van der Waals surface area (Å²) in [6, 6.07) is 9.70. The van der Waals surface area contributed by atoms with Crippen LogP contribution in [-0.4, -0.2) is 59.0 Å². The molecule has 7 nitrogen and oxygen atoms in total. The van der Waals surface area contributed by atoms with E-state index in [1.54, 1.807) is 41.0 Å². The quantitative estimate of drug-likeness (QED) is 0.516. The molecule has 1 saturated heterocycles. The van der Waals surface area contributed by atoms with Crippen LogP contribution >= 0.6 is 0 Å². The molecule has 5 N–H and O–H groups in total. The van der Waals surface area contributed by atoms with Crippen molar-refractivity contribution >= 4 is 23.2 Å². The van der Waals surface area contributed by atoms with E-state index in [-0.39, 0.29) is 11.5 Å². The van der Waals surface area contributed by atoms with Gasteiger partial charge in [0.2, 0.25) is 5.91 Å². The number of nitrogens with one attached hydrogen (secondary N) is 1. The Labute approximate surface area is 180 Å². The monoisotopic (exact) mass is 423 g/mol. The minimum atomic E-state index is -0.719. The van der Waals surface area contributed by atoms with E-state index in [2.05, 4.69) is 0 Å². The van der Waals surface area contributed by atoms with Gasteiger partial charge in [-0.25, -0.2) is 4.39 Å². The zero-order valence-electron chi connectivity index (χ0n) is 17.5. The second-order valence-corrected chi connectivity index (χ2v) is 8.33. The molecule has 162 valence electrons. The lowest BCUT2D eigenvalue weighted by Crippen LogP contribution is -2.55. The standard InChI is InChI=1S/C23H26FN5O2/c1-14(25)16-3-2-4-17(20(16)26)15-5-6-18(19(24)13-15)21(30)28-9-11-29(12-10-28)22(31)23(27)7-8-23/h2-6,13,25H,7-12,26-27H2,1H3. The number of para-hydroxylation sites is 1. The molecule has 0 radical (unpaired) electrons. The van der Waals surface area contributed by atoms with E-state index < -0.39 is 17.3 Å². The molecule has 2 amide bonds. The molecule has 1 aliphatic carbocycles. The van der Waals surface area contributed by atoms with Crippen LogP contribution in [0.3, 0.4) is 0 Å². The Balaban J connectivity index is 1.49. The smallest absolute Gasteiger partial charge is 0.256 e. The van der Waals surface area contributed by atoms with Crippen LogP contribution in [0, 0.1) is 11.2 Å². The van der Waals surface area contributed by atoms with Gasteiger partial charge < -0.3 is 26.7 Å². The van der Waals surface area contributed by atoms with Gasteiger partial charge in [0, 0.05) is 48.7 Å². The topological polar surface area (TPSA) is 117 Å². The van der Waals surface area contributed by atoms with Crippen molar-refractivity contribution in [3.05, 3.63) is 53.3 Å². The first-order valence-electron chi connectivity index (χ1n) is 10.3. The van der Waals surface area contributed by atoms with Crippen molar-refractivity contribution in [3.63, 3.8) is 0 Å². The van der Waals surface area contributed by atoms with Gasteiger partial charge in [0.1, 0.15) is 5.82 Å². The molecule has 2 aromatic carbocycles. The Morgan fingerprint density at radius 3 is 2.26 bits per heavy atom. The Morgan fingerprint density at radius 1 is 1.03 bits per heavy atom. The number of carbonyl (C=O) groups excluding carboxylic acids is 2. The van der Waals surface area contributed by atoms with Crippen LogP contribution in [0.2, 0.25) is 0 Å². The molecule has 0 bridgehead atoms. The zero-order valence-corrected chi connectivity index (χ0v) is 17.5. The van der Waals surface area contributed by atoms with Gasteiger partial charge in [-0.1, -0.05) is 24.3 Å². The predicted molar refractivity (Wildman–Crippen MR) is 117 cm³/mol. The Morgan fingerprint density at radius 2 is 1.68 bits per heavy atom. The zero-order chi connectivity index (χ0) is 22.3. The summed E-state index contributed by atoms with van der Waals surface area (Å²) >= 11 is 0. The van der Waals surface area contributed by atoms with E-state index >= 15 is 0 Å². The van der Waals surface area contributed by atoms with Crippen molar-refractivity contribution in [2.45, 2.75) is 25.3 Å². The molecular weight excluding hydrogens is 397 g/mol. The number of amides is 2. The lowest BCUT2D eigenvalue weighted by atomic mass is 9.97. The molecule has 2 aliphatic rings. The summed E-state index contributed by atoms with van der Waals surface area (Å²) in [4.78, 5) is 28.5. The lowest BCUT2D eigenvalue weighted by Gasteiger charge is -2.36. The van der Waals surface area contributed by atoms with Crippen molar-refractivity contribution < 1.29 is 14.0 Å². The summed E-state index contributed by atoms with van der Waals surface area (Å²) in [5.41, 5.74) is 13.9. The van der Waals surface area contributed by atoms with Crippen LogP contribution in [0.5, 0.6) is 0 Å². The summed E-state index contributed by atoms with van der Waals surface area (Å²) in [6.07, 6.45) is 1.41. The van der Waals surface area contributed by atoms with E-state index in [0.29, 0.717) is 67.1 Å². The van der Waals surface area contributed by atoms with Gasteiger partial charge in [-0.15, -0.1) is 0 Å². The summed E-state index contributed by atoms with van der Waals surface area (Å²) < 4.78 is 14.9. The lowest BCUT2D eigenvalue weighted by molar-refractivity contribution is -0.135. The number of anilines is 1. The normalized spacial score (nSPS) is 17.4. The largest absolute Gasteiger partial charge is 0.398 e. The van der Waals surface area contributed by atoms with Crippen LogP contribution in [-0.2, 0) is 4.79 Å². The molecule has 0 atom stereocenters. The maximum atomic E-state index is 14.9. The average molecular weight is 423 g/mol. The molecule has 2 fully saturated rings. The van der Waals surface area contributed by atoms with E-state index in [4.69, 9.17) is 16.9 Å². The number of halogens is 1. The van der Waals surface area contributed by atoms with Crippen LogP contribution < -0.4 is 11.5 Å². The summed E-state index contributed by atoms with van der Waals surface area (Å²) in [5, 5.41) is 7.82. The maximum absolute atomic E-state index is 14.9. The molecule has 0 unspecified atom stereocenters. The van der Waals surface area contributed by atoms with Gasteiger partial charge >= 0.3 is 0 Å². The van der Waals surface area contributed by atoms with E-state index in [9.17, 15) is 14.0 Å². The van der Waals surface area contributed by atoms with Crippen LogP contribution in [0.4, 0.5) is 10.1 Å². The SMILES string of the molecule is CC(=N)c1cccc(-c2ccc(C(=O)N3CCN(C(=O)C4(N)CC4)CC3)c(F)c2)c1N. The first-order valence-corrected chi connectivity index (χ1v) is 10.3. The molecule has 0 aromatic heterocycles. The molecule has 4 rings (SSSR count). The fourth-order valence-electron chi connectivity index (χ4n) is 3.95. The highest BCUT2D eigenvalue weighted by atomic mass is 19.1. The molecular formula is C23H26FN5O2. The van der Waals surface area contributed by atoms with Crippen LogP contribution in [0.25, 0.3) is 11.1 Å². The molecule has 1 aliphatic heterocycles. The van der Waals surface area contributed by atoms with E-state index in [1.165, 1.54) is 12.1 Å². The summed E-state index contributed by atoms with van der Waals surface area (Å²) in [7, 11) is 0. The highest BCUT2D eigenvalue weighted by Gasteiger charge is 2.48. The summed E-state index contributed by atoms with van der Waals surface area (Å²) in [5.74, 6) is -1.09. The van der Waals surface area contributed by atoms with Gasteiger partial charge in [-0.2, -0.15) is 0 Å². The second-order valence-electron chi connectivity index (χ2n) is 8.33. The van der Waals surface area contributed by atoms with Gasteiger partial charge in [-0.3, -0.25) is 9.59 Å². The predicted octanol–water partition coefficient (Wildman–Crippen LogP) is 2.24. The van der Waals surface area contributed by atoms with E-state index in [1.807, 2.05) is 0 Å². The first kappa shape index (κ1) is 21.0. The average Bonchev–Trinajstić information content (AvgIpc) is 3.51. The summed E-state index contributed by atoms with van der Waals surface area (Å²) in [6.45, 7) is 3.12. The van der Waals surface area contributed by atoms with Gasteiger partial charge in [0.05, 0.1) is 11.1 Å². The third-order valence-corrected chi connectivity index (χ3v) is 6.09. The van der Waals surface area contributed by atoms with Gasteiger partial charge in [0.15, 0.2) is 0 Å². The van der Waals surface area contributed by atoms with Crippen molar-refractivity contribution in [1.82, 2.24) is 9.80 Å². The minimum absolute atomic E-state index is 0.0148. The van der Waals surface area contributed by atoms with Gasteiger partial charge in [-0.05, 0) is 37.5 Å².